The lowest BCUT2D eigenvalue weighted by atomic mass is 10.2. The molecule has 2 nitrogen and oxygen atoms in total. The molecule has 0 aliphatic carbocycles. The molecule has 0 saturated heterocycles. The first kappa shape index (κ1) is 13.8. The molecule has 20 heavy (non-hydrogen) atoms. The minimum atomic E-state index is -0.232. The quantitative estimate of drug-likeness (QED) is 0.747. The first-order valence-electron chi connectivity index (χ1n) is 6.19. The SMILES string of the molecule is Fc1ccc(CSc2ccc3c(c2)OCCO3)c(Br)c1. The van der Waals surface area contributed by atoms with E-state index in [-0.39, 0.29) is 5.82 Å². The summed E-state index contributed by atoms with van der Waals surface area (Å²) in [7, 11) is 0. The van der Waals surface area contributed by atoms with Crippen molar-refractivity contribution < 1.29 is 13.9 Å². The highest BCUT2D eigenvalue weighted by Gasteiger charge is 2.12. The van der Waals surface area contributed by atoms with E-state index >= 15 is 0 Å². The van der Waals surface area contributed by atoms with Gasteiger partial charge in [-0.2, -0.15) is 0 Å². The average Bonchev–Trinajstić information content (AvgIpc) is 2.46. The van der Waals surface area contributed by atoms with Crippen molar-refractivity contribution in [3.8, 4) is 11.5 Å². The monoisotopic (exact) mass is 354 g/mol. The maximum absolute atomic E-state index is 13.0. The van der Waals surface area contributed by atoms with Crippen LogP contribution in [0.5, 0.6) is 11.5 Å². The van der Waals surface area contributed by atoms with Gasteiger partial charge in [-0.25, -0.2) is 4.39 Å². The van der Waals surface area contributed by atoms with Gasteiger partial charge in [-0.05, 0) is 35.9 Å². The summed E-state index contributed by atoms with van der Waals surface area (Å²) < 4.78 is 24.9. The Hall–Kier alpha value is -1.20. The molecule has 0 spiro atoms. The standard InChI is InChI=1S/C15H12BrFO2S/c16-13-7-11(17)2-1-10(13)9-20-12-3-4-14-15(8-12)19-6-5-18-14/h1-4,7-8H,5-6,9H2. The summed E-state index contributed by atoms with van der Waals surface area (Å²) in [4.78, 5) is 1.10. The Balaban J connectivity index is 1.72. The van der Waals surface area contributed by atoms with Gasteiger partial charge in [0.05, 0.1) is 0 Å². The van der Waals surface area contributed by atoms with Gasteiger partial charge in [-0.15, -0.1) is 11.8 Å². The van der Waals surface area contributed by atoms with Gasteiger partial charge >= 0.3 is 0 Å². The van der Waals surface area contributed by atoms with E-state index in [0.29, 0.717) is 13.2 Å². The van der Waals surface area contributed by atoms with Crippen LogP contribution in [0, 0.1) is 5.82 Å². The fourth-order valence-corrected chi connectivity index (χ4v) is 3.52. The van der Waals surface area contributed by atoms with E-state index in [9.17, 15) is 4.39 Å². The second kappa shape index (κ2) is 6.06. The molecule has 1 aliphatic heterocycles. The van der Waals surface area contributed by atoms with Crippen molar-refractivity contribution >= 4 is 27.7 Å². The van der Waals surface area contributed by atoms with Gasteiger partial charge in [0.25, 0.3) is 0 Å². The molecule has 0 amide bonds. The molecule has 104 valence electrons. The van der Waals surface area contributed by atoms with Gasteiger partial charge < -0.3 is 9.47 Å². The number of fused-ring (bicyclic) bond motifs is 1. The Morgan fingerprint density at radius 3 is 2.65 bits per heavy atom. The molecule has 1 heterocycles. The fraction of sp³-hybridized carbons (Fsp3) is 0.200. The minimum absolute atomic E-state index is 0.232. The number of rotatable bonds is 3. The first-order chi connectivity index (χ1) is 9.72. The number of thioether (sulfide) groups is 1. The summed E-state index contributed by atoms with van der Waals surface area (Å²) in [5.74, 6) is 2.12. The lowest BCUT2D eigenvalue weighted by Gasteiger charge is -2.18. The van der Waals surface area contributed by atoms with Crippen LogP contribution in [-0.2, 0) is 5.75 Å². The predicted molar refractivity (Wildman–Crippen MR) is 81.1 cm³/mol. The van der Waals surface area contributed by atoms with Crippen LogP contribution in [0.2, 0.25) is 0 Å². The van der Waals surface area contributed by atoms with Gasteiger partial charge in [0.15, 0.2) is 11.5 Å². The minimum Gasteiger partial charge on any atom is -0.486 e. The van der Waals surface area contributed by atoms with E-state index in [0.717, 1.165) is 32.2 Å². The summed E-state index contributed by atoms with van der Waals surface area (Å²) in [6, 6.07) is 10.7. The Morgan fingerprint density at radius 2 is 1.85 bits per heavy atom. The topological polar surface area (TPSA) is 18.5 Å². The van der Waals surface area contributed by atoms with Gasteiger partial charge in [0.2, 0.25) is 0 Å². The van der Waals surface area contributed by atoms with Crippen LogP contribution < -0.4 is 9.47 Å². The number of hydrogen-bond donors (Lipinski definition) is 0. The van der Waals surface area contributed by atoms with Crippen molar-refractivity contribution in [2.24, 2.45) is 0 Å². The van der Waals surface area contributed by atoms with Crippen LogP contribution in [0.15, 0.2) is 45.8 Å². The van der Waals surface area contributed by atoms with E-state index < -0.39 is 0 Å². The molecule has 0 N–H and O–H groups in total. The maximum atomic E-state index is 13.0. The van der Waals surface area contributed by atoms with Crippen LogP contribution in [-0.4, -0.2) is 13.2 Å². The van der Waals surface area contributed by atoms with E-state index in [1.807, 2.05) is 18.2 Å². The molecule has 2 aromatic carbocycles. The summed E-state index contributed by atoms with van der Waals surface area (Å²) >= 11 is 5.06. The lowest BCUT2D eigenvalue weighted by molar-refractivity contribution is 0.171. The van der Waals surface area contributed by atoms with E-state index in [2.05, 4.69) is 15.9 Å². The third kappa shape index (κ3) is 3.10. The molecule has 1 aliphatic rings. The zero-order valence-corrected chi connectivity index (χ0v) is 13.0. The molecule has 0 unspecified atom stereocenters. The lowest BCUT2D eigenvalue weighted by Crippen LogP contribution is -2.15. The second-order valence-electron chi connectivity index (χ2n) is 4.33. The van der Waals surface area contributed by atoms with Crippen molar-refractivity contribution in [1.82, 2.24) is 0 Å². The smallest absolute Gasteiger partial charge is 0.162 e. The third-order valence-corrected chi connectivity index (χ3v) is 4.70. The highest BCUT2D eigenvalue weighted by atomic mass is 79.9. The van der Waals surface area contributed by atoms with Crippen molar-refractivity contribution in [2.45, 2.75) is 10.6 Å². The summed E-state index contributed by atoms with van der Waals surface area (Å²) in [5.41, 5.74) is 1.06. The Bertz CT molecular complexity index is 633. The van der Waals surface area contributed by atoms with Crippen LogP contribution in [0.1, 0.15) is 5.56 Å². The van der Waals surface area contributed by atoms with Gasteiger partial charge in [0.1, 0.15) is 19.0 Å². The summed E-state index contributed by atoms with van der Waals surface area (Å²) in [6.07, 6.45) is 0. The summed E-state index contributed by atoms with van der Waals surface area (Å²) in [5, 5.41) is 0. The molecule has 0 aromatic heterocycles. The van der Waals surface area contributed by atoms with E-state index in [1.54, 1.807) is 17.8 Å². The molecular weight excluding hydrogens is 343 g/mol. The zero-order valence-electron chi connectivity index (χ0n) is 10.6. The van der Waals surface area contributed by atoms with Crippen molar-refractivity contribution in [2.75, 3.05) is 13.2 Å². The highest BCUT2D eigenvalue weighted by Crippen LogP contribution is 2.35. The molecule has 0 bridgehead atoms. The molecule has 0 atom stereocenters. The van der Waals surface area contributed by atoms with Crippen molar-refractivity contribution in [3.63, 3.8) is 0 Å². The van der Waals surface area contributed by atoms with E-state index in [1.165, 1.54) is 12.1 Å². The molecule has 2 aromatic rings. The molecule has 0 radical (unpaired) electrons. The Kier molecular flexibility index (Phi) is 4.17. The van der Waals surface area contributed by atoms with Gasteiger partial charge in [-0.3, -0.25) is 0 Å². The molecule has 0 fully saturated rings. The van der Waals surface area contributed by atoms with Gasteiger partial charge in [-0.1, -0.05) is 22.0 Å². The predicted octanol–water partition coefficient (Wildman–Crippen LogP) is 4.65. The number of halogens is 2. The van der Waals surface area contributed by atoms with E-state index in [4.69, 9.17) is 9.47 Å². The molecule has 0 saturated carbocycles. The highest BCUT2D eigenvalue weighted by molar-refractivity contribution is 9.10. The first-order valence-corrected chi connectivity index (χ1v) is 7.96. The zero-order chi connectivity index (χ0) is 13.9. The number of benzene rings is 2. The van der Waals surface area contributed by atoms with Gasteiger partial charge in [0, 0.05) is 15.1 Å². The summed E-state index contributed by atoms with van der Waals surface area (Å²) in [6.45, 7) is 1.19. The molecule has 5 heteroatoms. The number of hydrogen-bond acceptors (Lipinski definition) is 3. The molecule has 3 rings (SSSR count). The van der Waals surface area contributed by atoms with Crippen LogP contribution >= 0.6 is 27.7 Å². The normalized spacial score (nSPS) is 13.3. The van der Waals surface area contributed by atoms with Crippen LogP contribution in [0.25, 0.3) is 0 Å². The van der Waals surface area contributed by atoms with Crippen molar-refractivity contribution in [1.29, 1.82) is 0 Å². The van der Waals surface area contributed by atoms with Crippen molar-refractivity contribution in [3.05, 3.63) is 52.3 Å². The Labute approximate surface area is 129 Å². The Morgan fingerprint density at radius 1 is 1.05 bits per heavy atom. The van der Waals surface area contributed by atoms with Crippen LogP contribution in [0.4, 0.5) is 4.39 Å². The number of ether oxygens (including phenoxy) is 2. The maximum Gasteiger partial charge on any atom is 0.162 e. The largest absolute Gasteiger partial charge is 0.486 e. The average molecular weight is 355 g/mol. The second-order valence-corrected chi connectivity index (χ2v) is 6.23. The van der Waals surface area contributed by atoms with Crippen LogP contribution in [0.3, 0.4) is 0 Å². The molecular formula is C15H12BrFO2S. The fourth-order valence-electron chi connectivity index (χ4n) is 1.91. The third-order valence-electron chi connectivity index (χ3n) is 2.92.